The van der Waals surface area contributed by atoms with Gasteiger partial charge >= 0.3 is 0 Å². The Balaban J connectivity index is 1.30. The summed E-state index contributed by atoms with van der Waals surface area (Å²) in [5.74, 6) is 0.887. The van der Waals surface area contributed by atoms with Gasteiger partial charge in [0.1, 0.15) is 17.0 Å². The number of fused-ring (bicyclic) bond motifs is 1. The van der Waals surface area contributed by atoms with E-state index >= 15 is 0 Å². The number of carbonyl (C=O) groups excluding carboxylic acids is 1. The number of hydrogen-bond acceptors (Lipinski definition) is 9. The van der Waals surface area contributed by atoms with Gasteiger partial charge in [-0.05, 0) is 37.8 Å². The maximum atomic E-state index is 12.3. The van der Waals surface area contributed by atoms with Gasteiger partial charge in [0.15, 0.2) is 0 Å². The summed E-state index contributed by atoms with van der Waals surface area (Å²) in [5.41, 5.74) is 2.63. The van der Waals surface area contributed by atoms with Crippen molar-refractivity contribution in [3.63, 3.8) is 0 Å². The lowest BCUT2D eigenvalue weighted by molar-refractivity contribution is 0.0958. The fourth-order valence-corrected chi connectivity index (χ4v) is 4.80. The summed E-state index contributed by atoms with van der Waals surface area (Å²) in [6, 6.07) is 5.82. The molecule has 0 atom stereocenters. The number of carbonyl (C=O) groups is 1. The van der Waals surface area contributed by atoms with Crippen LogP contribution in [-0.2, 0) is 11.8 Å². The van der Waals surface area contributed by atoms with E-state index in [2.05, 4.69) is 30.5 Å². The summed E-state index contributed by atoms with van der Waals surface area (Å²) in [5, 5.41) is 5.93. The quantitative estimate of drug-likeness (QED) is 0.528. The minimum atomic E-state index is -0.243. The van der Waals surface area contributed by atoms with Crippen LogP contribution in [0.25, 0.3) is 11.0 Å². The van der Waals surface area contributed by atoms with Gasteiger partial charge in [0, 0.05) is 51.2 Å². The molecule has 2 aliphatic rings. The highest BCUT2D eigenvalue weighted by atomic mass is 16.5. The SMILES string of the molecule is CNC(=O)c1ccnc(N[C@H]2CC[C@@H](Oc3cc(N4CCOCC4)cc4ncc(=O)n(C)c34)CC2)n1. The molecule has 2 aromatic heterocycles. The zero-order valence-electron chi connectivity index (χ0n) is 20.6. The van der Waals surface area contributed by atoms with Crippen molar-refractivity contribution in [2.45, 2.75) is 37.8 Å². The third kappa shape index (κ3) is 5.11. The Morgan fingerprint density at radius 2 is 1.92 bits per heavy atom. The molecule has 3 heterocycles. The van der Waals surface area contributed by atoms with Gasteiger partial charge < -0.3 is 29.6 Å². The number of aryl methyl sites for hydroxylation is 1. The molecule has 2 N–H and O–H groups in total. The van der Waals surface area contributed by atoms with E-state index < -0.39 is 0 Å². The lowest BCUT2D eigenvalue weighted by Gasteiger charge is -2.32. The number of hydrogen-bond donors (Lipinski definition) is 2. The highest BCUT2D eigenvalue weighted by molar-refractivity contribution is 5.92. The van der Waals surface area contributed by atoms with Crippen molar-refractivity contribution in [1.29, 1.82) is 0 Å². The molecule has 1 amide bonds. The van der Waals surface area contributed by atoms with Crippen LogP contribution in [0.3, 0.4) is 0 Å². The zero-order valence-corrected chi connectivity index (χ0v) is 20.6. The standard InChI is InChI=1S/C25H31N7O4/c1-26-24(34)19-7-8-27-25(30-19)29-16-3-5-18(6-4-16)36-21-14-17(32-9-11-35-12-10-32)13-20-23(21)31(2)22(33)15-28-20/h7-8,13-16,18H,3-6,9-12H2,1-2H3,(H,26,34)(H,27,29,30)/t16-,18+. The molecule has 3 aromatic rings. The minimum Gasteiger partial charge on any atom is -0.488 e. The van der Waals surface area contributed by atoms with Crippen LogP contribution >= 0.6 is 0 Å². The van der Waals surface area contributed by atoms with Crippen molar-refractivity contribution in [2.75, 3.05) is 43.6 Å². The third-order valence-electron chi connectivity index (χ3n) is 6.81. The molecule has 1 aliphatic carbocycles. The van der Waals surface area contributed by atoms with Gasteiger partial charge in [0.05, 0.1) is 31.0 Å². The number of rotatable bonds is 6. The molecule has 0 radical (unpaired) electrons. The molecule has 1 saturated heterocycles. The van der Waals surface area contributed by atoms with Crippen LogP contribution in [0.15, 0.2) is 35.4 Å². The first-order valence-corrected chi connectivity index (χ1v) is 12.3. The van der Waals surface area contributed by atoms with Crippen LogP contribution in [0.5, 0.6) is 5.75 Å². The Kier molecular flexibility index (Phi) is 6.99. The maximum absolute atomic E-state index is 12.3. The van der Waals surface area contributed by atoms with Crippen molar-refractivity contribution in [3.8, 4) is 5.75 Å². The number of benzene rings is 1. The number of nitrogens with one attached hydrogen (secondary N) is 2. The van der Waals surface area contributed by atoms with Crippen molar-refractivity contribution in [3.05, 3.63) is 46.6 Å². The molecule has 190 valence electrons. The van der Waals surface area contributed by atoms with Crippen molar-refractivity contribution < 1.29 is 14.3 Å². The van der Waals surface area contributed by atoms with Crippen LogP contribution in [0.4, 0.5) is 11.6 Å². The summed E-state index contributed by atoms with van der Waals surface area (Å²) in [6.07, 6.45) is 6.37. The van der Waals surface area contributed by atoms with Gasteiger partial charge in [-0.25, -0.2) is 15.0 Å². The summed E-state index contributed by atoms with van der Waals surface area (Å²) in [6.45, 7) is 2.97. The van der Waals surface area contributed by atoms with Gasteiger partial charge in [0.25, 0.3) is 11.5 Å². The fourth-order valence-electron chi connectivity index (χ4n) is 4.80. The summed E-state index contributed by atoms with van der Waals surface area (Å²) in [4.78, 5) is 39.4. The van der Waals surface area contributed by atoms with Crippen LogP contribution < -0.4 is 25.8 Å². The molecule has 0 bridgehead atoms. The lowest BCUT2D eigenvalue weighted by Crippen LogP contribution is -2.36. The van der Waals surface area contributed by atoms with Gasteiger partial charge in [-0.15, -0.1) is 0 Å². The monoisotopic (exact) mass is 493 g/mol. The number of aromatic nitrogens is 4. The molecular formula is C25H31N7O4. The Morgan fingerprint density at radius 1 is 1.14 bits per heavy atom. The predicted molar refractivity (Wildman–Crippen MR) is 136 cm³/mol. The average molecular weight is 494 g/mol. The third-order valence-corrected chi connectivity index (χ3v) is 6.81. The average Bonchev–Trinajstić information content (AvgIpc) is 2.92. The smallest absolute Gasteiger partial charge is 0.269 e. The van der Waals surface area contributed by atoms with E-state index in [0.29, 0.717) is 36.1 Å². The predicted octanol–water partition coefficient (Wildman–Crippen LogP) is 1.72. The number of anilines is 2. The second-order valence-electron chi connectivity index (χ2n) is 9.15. The molecule has 11 nitrogen and oxygen atoms in total. The van der Waals surface area contributed by atoms with E-state index in [4.69, 9.17) is 9.47 Å². The highest BCUT2D eigenvalue weighted by Crippen LogP contribution is 2.33. The first-order valence-electron chi connectivity index (χ1n) is 12.3. The normalized spacial score (nSPS) is 20.2. The first kappa shape index (κ1) is 24.0. The van der Waals surface area contributed by atoms with Crippen LogP contribution in [0.2, 0.25) is 0 Å². The number of amides is 1. The molecule has 1 saturated carbocycles. The molecule has 5 rings (SSSR count). The van der Waals surface area contributed by atoms with Gasteiger partial charge in [-0.1, -0.05) is 0 Å². The van der Waals surface area contributed by atoms with Gasteiger partial charge in [0.2, 0.25) is 5.95 Å². The highest BCUT2D eigenvalue weighted by Gasteiger charge is 2.25. The Bertz CT molecular complexity index is 1300. The van der Waals surface area contributed by atoms with E-state index in [1.54, 1.807) is 30.9 Å². The molecular weight excluding hydrogens is 462 g/mol. The molecule has 1 aliphatic heterocycles. The second-order valence-corrected chi connectivity index (χ2v) is 9.15. The number of nitrogens with zero attached hydrogens (tertiary/aromatic N) is 5. The molecule has 11 heteroatoms. The summed E-state index contributed by atoms with van der Waals surface area (Å²) < 4.78 is 13.6. The summed E-state index contributed by atoms with van der Waals surface area (Å²) >= 11 is 0. The van der Waals surface area contributed by atoms with Crippen molar-refractivity contribution in [2.24, 2.45) is 7.05 Å². The lowest BCUT2D eigenvalue weighted by atomic mass is 9.93. The molecule has 36 heavy (non-hydrogen) atoms. The van der Waals surface area contributed by atoms with Gasteiger partial charge in [-0.3, -0.25) is 9.59 Å². The topological polar surface area (TPSA) is 124 Å². The van der Waals surface area contributed by atoms with E-state index in [1.807, 2.05) is 12.1 Å². The zero-order chi connectivity index (χ0) is 25.1. The molecule has 0 unspecified atom stereocenters. The first-order chi connectivity index (χ1) is 17.5. The van der Waals surface area contributed by atoms with Crippen LogP contribution in [-0.4, -0.2) is 70.9 Å². The van der Waals surface area contributed by atoms with Crippen molar-refractivity contribution in [1.82, 2.24) is 24.8 Å². The molecule has 1 aromatic carbocycles. The number of ether oxygens (including phenoxy) is 2. The van der Waals surface area contributed by atoms with E-state index in [-0.39, 0.29) is 23.6 Å². The number of morpholine rings is 1. The Morgan fingerprint density at radius 3 is 2.67 bits per heavy atom. The largest absolute Gasteiger partial charge is 0.488 e. The molecule has 2 fully saturated rings. The molecule has 0 spiro atoms. The van der Waals surface area contributed by atoms with E-state index in [1.165, 1.54) is 6.20 Å². The van der Waals surface area contributed by atoms with Crippen molar-refractivity contribution >= 4 is 28.6 Å². The van der Waals surface area contributed by atoms with Crippen LogP contribution in [0, 0.1) is 0 Å². The minimum absolute atomic E-state index is 0.0135. The van der Waals surface area contributed by atoms with E-state index in [9.17, 15) is 9.59 Å². The Labute approximate surface area is 208 Å². The van der Waals surface area contributed by atoms with Crippen LogP contribution in [0.1, 0.15) is 36.2 Å². The second kappa shape index (κ2) is 10.5. The summed E-state index contributed by atoms with van der Waals surface area (Å²) in [7, 11) is 3.33. The van der Waals surface area contributed by atoms with E-state index in [0.717, 1.165) is 50.0 Å². The Hall–Kier alpha value is -3.73. The maximum Gasteiger partial charge on any atom is 0.269 e. The fraction of sp³-hybridized carbons (Fsp3) is 0.480. The van der Waals surface area contributed by atoms with Gasteiger partial charge in [-0.2, -0.15) is 0 Å².